The van der Waals surface area contributed by atoms with Gasteiger partial charge in [0, 0.05) is 58.2 Å². The zero-order valence-corrected chi connectivity index (χ0v) is 17.4. The Kier molecular flexibility index (Phi) is 8.14. The van der Waals surface area contributed by atoms with E-state index in [1.54, 1.807) is 12.4 Å². The molecule has 0 spiro atoms. The van der Waals surface area contributed by atoms with Gasteiger partial charge in [0.15, 0.2) is 5.96 Å². The number of nitrogens with two attached hydrogens (primary N) is 1. The number of likely N-dealkylation sites (tertiary alicyclic amines) is 1. The Hall–Kier alpha value is -1.16. The Balaban J connectivity index is 0.00000225. The quantitative estimate of drug-likeness (QED) is 0.415. The molecule has 3 heterocycles. The van der Waals surface area contributed by atoms with Gasteiger partial charge in [0.05, 0.1) is 6.54 Å². The number of hydrogen-bond donors (Lipinski definition) is 1. The number of piperazine rings is 1. The van der Waals surface area contributed by atoms with E-state index < -0.39 is 0 Å². The molecular weight excluding hydrogens is 429 g/mol. The van der Waals surface area contributed by atoms with Gasteiger partial charge in [-0.25, -0.2) is 9.97 Å². The van der Waals surface area contributed by atoms with Crippen LogP contribution in [0.5, 0.6) is 0 Å². The first-order valence-corrected chi connectivity index (χ1v) is 9.01. The fourth-order valence-corrected chi connectivity index (χ4v) is 3.43. The van der Waals surface area contributed by atoms with Gasteiger partial charge < -0.3 is 15.5 Å². The SMILES string of the molecule is CC1CCCN(C(N)=NCCN2CCN(c3ncccn3)CC2)C1.I. The summed E-state index contributed by atoms with van der Waals surface area (Å²) in [6.45, 7) is 10.1. The summed E-state index contributed by atoms with van der Waals surface area (Å²) in [5.41, 5.74) is 6.16. The fraction of sp³-hybridized carbons (Fsp3) is 0.706. The number of guanidine groups is 1. The Morgan fingerprint density at radius 2 is 1.92 bits per heavy atom. The van der Waals surface area contributed by atoms with Crippen molar-refractivity contribution in [2.45, 2.75) is 19.8 Å². The maximum Gasteiger partial charge on any atom is 0.225 e. The number of anilines is 1. The van der Waals surface area contributed by atoms with Crippen LogP contribution in [-0.2, 0) is 0 Å². The molecule has 3 rings (SSSR count). The molecule has 8 heteroatoms. The summed E-state index contributed by atoms with van der Waals surface area (Å²) >= 11 is 0. The van der Waals surface area contributed by atoms with Gasteiger partial charge in [-0.3, -0.25) is 9.89 Å². The average molecular weight is 459 g/mol. The molecule has 2 fully saturated rings. The molecule has 0 saturated carbocycles. The second-order valence-corrected chi connectivity index (χ2v) is 6.81. The van der Waals surface area contributed by atoms with E-state index >= 15 is 0 Å². The van der Waals surface area contributed by atoms with E-state index in [1.165, 1.54) is 12.8 Å². The van der Waals surface area contributed by atoms with Crippen LogP contribution in [0.2, 0.25) is 0 Å². The zero-order chi connectivity index (χ0) is 16.8. The van der Waals surface area contributed by atoms with Crippen LogP contribution in [0.3, 0.4) is 0 Å². The number of hydrogen-bond acceptors (Lipinski definition) is 5. The third kappa shape index (κ3) is 5.95. The van der Waals surface area contributed by atoms with E-state index in [2.05, 4.69) is 36.6 Å². The monoisotopic (exact) mass is 459 g/mol. The van der Waals surface area contributed by atoms with Crippen molar-refractivity contribution in [1.82, 2.24) is 19.8 Å². The molecule has 1 aromatic rings. The van der Waals surface area contributed by atoms with Gasteiger partial charge in [-0.2, -0.15) is 0 Å². The lowest BCUT2D eigenvalue weighted by atomic mass is 10.0. The standard InChI is InChI=1S/C17H29N7.HI/c1-15-4-2-8-24(14-15)16(18)19-7-9-22-10-12-23(13-11-22)17-20-5-3-6-21-17;/h3,5-6,15H,2,4,7-14H2,1H3,(H2,18,19);1H. The molecule has 2 aliphatic heterocycles. The van der Waals surface area contributed by atoms with Gasteiger partial charge in [0.25, 0.3) is 0 Å². The van der Waals surface area contributed by atoms with Gasteiger partial charge in [0.2, 0.25) is 5.95 Å². The van der Waals surface area contributed by atoms with Crippen molar-refractivity contribution in [3.8, 4) is 0 Å². The highest BCUT2D eigenvalue weighted by atomic mass is 127. The summed E-state index contributed by atoms with van der Waals surface area (Å²) in [4.78, 5) is 20.2. The van der Waals surface area contributed by atoms with E-state index in [0.717, 1.165) is 70.2 Å². The highest BCUT2D eigenvalue weighted by molar-refractivity contribution is 14.0. The number of nitrogens with zero attached hydrogens (tertiary/aromatic N) is 6. The van der Waals surface area contributed by atoms with E-state index in [1.807, 2.05) is 6.07 Å². The lowest BCUT2D eigenvalue weighted by molar-refractivity contribution is 0.259. The minimum absolute atomic E-state index is 0. The maximum atomic E-state index is 6.16. The van der Waals surface area contributed by atoms with Gasteiger partial charge >= 0.3 is 0 Å². The van der Waals surface area contributed by atoms with Crippen LogP contribution >= 0.6 is 24.0 Å². The van der Waals surface area contributed by atoms with Crippen molar-refractivity contribution in [2.75, 3.05) is 57.3 Å². The van der Waals surface area contributed by atoms with Crippen molar-refractivity contribution >= 4 is 35.9 Å². The molecule has 7 nitrogen and oxygen atoms in total. The minimum atomic E-state index is 0. The summed E-state index contributed by atoms with van der Waals surface area (Å²) in [6.07, 6.45) is 6.13. The molecular formula is C17H30IN7. The largest absolute Gasteiger partial charge is 0.370 e. The number of rotatable bonds is 4. The summed E-state index contributed by atoms with van der Waals surface area (Å²) in [6, 6.07) is 1.85. The fourth-order valence-electron chi connectivity index (χ4n) is 3.43. The number of halogens is 1. The Labute approximate surface area is 167 Å². The number of aliphatic imine (C=N–C) groups is 1. The van der Waals surface area contributed by atoms with Crippen molar-refractivity contribution in [1.29, 1.82) is 0 Å². The summed E-state index contributed by atoms with van der Waals surface area (Å²) in [5, 5.41) is 0. The minimum Gasteiger partial charge on any atom is -0.370 e. The summed E-state index contributed by atoms with van der Waals surface area (Å²) in [5.74, 6) is 2.28. The third-order valence-corrected chi connectivity index (χ3v) is 4.88. The molecule has 2 aliphatic rings. The molecule has 0 radical (unpaired) electrons. The Bertz CT molecular complexity index is 531. The van der Waals surface area contributed by atoms with E-state index in [9.17, 15) is 0 Å². The summed E-state index contributed by atoms with van der Waals surface area (Å²) in [7, 11) is 0. The van der Waals surface area contributed by atoms with Gasteiger partial charge in [-0.05, 0) is 24.8 Å². The van der Waals surface area contributed by atoms with Crippen LogP contribution in [0, 0.1) is 5.92 Å². The van der Waals surface area contributed by atoms with Crippen molar-refractivity contribution in [3.63, 3.8) is 0 Å². The third-order valence-electron chi connectivity index (χ3n) is 4.88. The van der Waals surface area contributed by atoms with Crippen LogP contribution in [0.1, 0.15) is 19.8 Å². The second-order valence-electron chi connectivity index (χ2n) is 6.81. The topological polar surface area (TPSA) is 73.9 Å². The number of aromatic nitrogens is 2. The molecule has 2 saturated heterocycles. The zero-order valence-electron chi connectivity index (χ0n) is 15.0. The number of piperidine rings is 1. The van der Waals surface area contributed by atoms with Crippen LogP contribution < -0.4 is 10.6 Å². The smallest absolute Gasteiger partial charge is 0.225 e. The molecule has 0 aromatic carbocycles. The van der Waals surface area contributed by atoms with Gasteiger partial charge in [-0.15, -0.1) is 24.0 Å². The molecule has 1 atom stereocenters. The molecule has 0 amide bonds. The first-order valence-electron chi connectivity index (χ1n) is 9.01. The summed E-state index contributed by atoms with van der Waals surface area (Å²) < 4.78 is 0. The molecule has 0 bridgehead atoms. The Morgan fingerprint density at radius 1 is 1.20 bits per heavy atom. The van der Waals surface area contributed by atoms with E-state index in [-0.39, 0.29) is 24.0 Å². The highest BCUT2D eigenvalue weighted by Gasteiger charge is 2.19. The van der Waals surface area contributed by atoms with Crippen molar-refractivity contribution in [2.24, 2.45) is 16.6 Å². The van der Waals surface area contributed by atoms with Crippen LogP contribution in [0.25, 0.3) is 0 Å². The molecule has 1 unspecified atom stereocenters. The first kappa shape index (κ1) is 20.2. The van der Waals surface area contributed by atoms with Crippen LogP contribution in [-0.4, -0.2) is 78.1 Å². The normalized spacial score (nSPS) is 22.6. The van der Waals surface area contributed by atoms with E-state index in [4.69, 9.17) is 5.73 Å². The lowest BCUT2D eigenvalue weighted by Crippen LogP contribution is -2.48. The molecule has 25 heavy (non-hydrogen) atoms. The first-order chi connectivity index (χ1) is 11.7. The maximum absolute atomic E-state index is 6.16. The van der Waals surface area contributed by atoms with Crippen LogP contribution in [0.15, 0.2) is 23.5 Å². The Morgan fingerprint density at radius 3 is 2.60 bits per heavy atom. The van der Waals surface area contributed by atoms with E-state index in [0.29, 0.717) is 0 Å². The van der Waals surface area contributed by atoms with Gasteiger partial charge in [-0.1, -0.05) is 6.92 Å². The van der Waals surface area contributed by atoms with Gasteiger partial charge in [0.1, 0.15) is 0 Å². The predicted octanol–water partition coefficient (Wildman–Crippen LogP) is 1.26. The van der Waals surface area contributed by atoms with Crippen molar-refractivity contribution in [3.05, 3.63) is 18.5 Å². The van der Waals surface area contributed by atoms with Crippen molar-refractivity contribution < 1.29 is 0 Å². The van der Waals surface area contributed by atoms with Crippen LogP contribution in [0.4, 0.5) is 5.95 Å². The molecule has 1 aromatic heterocycles. The molecule has 0 aliphatic carbocycles. The predicted molar refractivity (Wildman–Crippen MR) is 113 cm³/mol. The lowest BCUT2D eigenvalue weighted by Gasteiger charge is -2.34. The average Bonchev–Trinajstić information content (AvgIpc) is 2.63. The highest BCUT2D eigenvalue weighted by Crippen LogP contribution is 2.15. The second kappa shape index (κ2) is 10.1. The molecule has 2 N–H and O–H groups in total. The molecule has 140 valence electrons.